The van der Waals surface area contributed by atoms with Crippen LogP contribution in [0.4, 0.5) is 5.69 Å². The number of aliphatic carboxylic acids is 1. The normalized spacial score (nSPS) is 19.9. The van der Waals surface area contributed by atoms with Gasteiger partial charge in [-0.25, -0.2) is 0 Å². The van der Waals surface area contributed by atoms with Gasteiger partial charge in [0.25, 0.3) is 0 Å². The summed E-state index contributed by atoms with van der Waals surface area (Å²) in [6, 6.07) is 7.36. The number of nitrogens with zero attached hydrogens (tertiary/aromatic N) is 1. The number of carbonyl (C=O) groups is 3. The second-order valence-corrected chi connectivity index (χ2v) is 6.81. The predicted molar refractivity (Wildman–Crippen MR) is 95.2 cm³/mol. The SMILES string of the molecule is CN(C)C(=O)CCc1ccc(NC(=O)C2CCCCC2C(=O)O)cc1. The van der Waals surface area contributed by atoms with Crippen LogP contribution in [0.25, 0.3) is 0 Å². The van der Waals surface area contributed by atoms with E-state index in [9.17, 15) is 19.5 Å². The summed E-state index contributed by atoms with van der Waals surface area (Å²) in [4.78, 5) is 36.9. The van der Waals surface area contributed by atoms with Gasteiger partial charge in [-0.3, -0.25) is 14.4 Å². The van der Waals surface area contributed by atoms with E-state index in [2.05, 4.69) is 5.32 Å². The smallest absolute Gasteiger partial charge is 0.307 e. The standard InChI is InChI=1S/C19H26N2O4/c1-21(2)17(22)12-9-13-7-10-14(11-8-13)20-18(23)15-5-3-4-6-16(15)19(24)25/h7-8,10-11,15-16H,3-6,9,12H2,1-2H3,(H,20,23)(H,24,25). The Morgan fingerprint density at radius 3 is 2.24 bits per heavy atom. The summed E-state index contributed by atoms with van der Waals surface area (Å²) in [5.41, 5.74) is 1.68. The highest BCUT2D eigenvalue weighted by Crippen LogP contribution is 2.31. The molecule has 1 aliphatic carbocycles. The molecule has 2 amide bonds. The van der Waals surface area contributed by atoms with E-state index in [-0.39, 0.29) is 11.8 Å². The van der Waals surface area contributed by atoms with Crippen LogP contribution in [0.1, 0.15) is 37.7 Å². The molecule has 25 heavy (non-hydrogen) atoms. The fraction of sp³-hybridized carbons (Fsp3) is 0.526. The summed E-state index contributed by atoms with van der Waals surface area (Å²) >= 11 is 0. The van der Waals surface area contributed by atoms with Crippen LogP contribution in [0.5, 0.6) is 0 Å². The Kier molecular flexibility index (Phi) is 6.56. The Labute approximate surface area is 148 Å². The predicted octanol–water partition coefficient (Wildman–Crippen LogP) is 2.54. The van der Waals surface area contributed by atoms with Gasteiger partial charge in [0.1, 0.15) is 0 Å². The Hall–Kier alpha value is -2.37. The number of aryl methyl sites for hydroxylation is 1. The third kappa shape index (κ3) is 5.31. The minimum absolute atomic E-state index is 0.0781. The lowest BCUT2D eigenvalue weighted by molar-refractivity contribution is -0.147. The third-order valence-corrected chi connectivity index (χ3v) is 4.77. The molecule has 0 radical (unpaired) electrons. The average molecular weight is 346 g/mol. The van der Waals surface area contributed by atoms with Gasteiger partial charge >= 0.3 is 5.97 Å². The molecular formula is C19H26N2O4. The molecule has 0 bridgehead atoms. The molecule has 0 aromatic heterocycles. The van der Waals surface area contributed by atoms with Crippen molar-refractivity contribution in [1.82, 2.24) is 4.90 Å². The summed E-state index contributed by atoms with van der Waals surface area (Å²) in [5, 5.41) is 12.1. The lowest BCUT2D eigenvalue weighted by Gasteiger charge is -2.27. The number of carboxylic acids is 1. The molecule has 1 aromatic rings. The molecule has 2 unspecified atom stereocenters. The van der Waals surface area contributed by atoms with Crippen molar-refractivity contribution < 1.29 is 19.5 Å². The molecule has 1 saturated carbocycles. The van der Waals surface area contributed by atoms with Crippen molar-refractivity contribution in [2.24, 2.45) is 11.8 Å². The lowest BCUT2D eigenvalue weighted by Crippen LogP contribution is -2.36. The number of anilines is 1. The van der Waals surface area contributed by atoms with E-state index in [1.165, 1.54) is 0 Å². The fourth-order valence-electron chi connectivity index (χ4n) is 3.20. The number of amides is 2. The Morgan fingerprint density at radius 2 is 1.68 bits per heavy atom. The zero-order valence-corrected chi connectivity index (χ0v) is 14.8. The topological polar surface area (TPSA) is 86.7 Å². The van der Waals surface area contributed by atoms with Gasteiger partial charge < -0.3 is 15.3 Å². The summed E-state index contributed by atoms with van der Waals surface area (Å²) in [7, 11) is 3.47. The monoisotopic (exact) mass is 346 g/mol. The number of hydrogen-bond acceptors (Lipinski definition) is 3. The van der Waals surface area contributed by atoms with Crippen molar-refractivity contribution in [3.63, 3.8) is 0 Å². The molecule has 1 fully saturated rings. The molecule has 0 saturated heterocycles. The van der Waals surface area contributed by atoms with Crippen LogP contribution in [0.15, 0.2) is 24.3 Å². The summed E-state index contributed by atoms with van der Waals surface area (Å²) in [6.07, 6.45) is 4.03. The second-order valence-electron chi connectivity index (χ2n) is 6.81. The average Bonchev–Trinajstić information content (AvgIpc) is 2.60. The molecule has 6 nitrogen and oxygen atoms in total. The quantitative estimate of drug-likeness (QED) is 0.829. The van der Waals surface area contributed by atoms with Crippen LogP contribution in [0, 0.1) is 11.8 Å². The molecule has 1 aromatic carbocycles. The molecule has 0 aliphatic heterocycles. The Morgan fingerprint density at radius 1 is 1.08 bits per heavy atom. The van der Waals surface area contributed by atoms with E-state index < -0.39 is 17.8 Å². The highest BCUT2D eigenvalue weighted by Gasteiger charge is 2.35. The van der Waals surface area contributed by atoms with Crippen molar-refractivity contribution in [2.75, 3.05) is 19.4 Å². The molecule has 6 heteroatoms. The third-order valence-electron chi connectivity index (χ3n) is 4.77. The van der Waals surface area contributed by atoms with Gasteiger partial charge in [-0.05, 0) is 37.0 Å². The largest absolute Gasteiger partial charge is 0.481 e. The molecule has 1 aliphatic rings. The molecule has 0 spiro atoms. The second kappa shape index (κ2) is 8.65. The van der Waals surface area contributed by atoms with Crippen LogP contribution in [-0.2, 0) is 20.8 Å². The van der Waals surface area contributed by atoms with Crippen molar-refractivity contribution in [3.8, 4) is 0 Å². The number of hydrogen-bond donors (Lipinski definition) is 2. The molecular weight excluding hydrogens is 320 g/mol. The van der Waals surface area contributed by atoms with Crippen LogP contribution < -0.4 is 5.32 Å². The first-order valence-corrected chi connectivity index (χ1v) is 8.71. The first kappa shape index (κ1) is 19.0. The summed E-state index contributed by atoms with van der Waals surface area (Å²) < 4.78 is 0. The minimum atomic E-state index is -0.888. The Balaban J connectivity index is 1.92. The van der Waals surface area contributed by atoms with E-state index in [4.69, 9.17) is 0 Å². The lowest BCUT2D eigenvalue weighted by atomic mass is 9.78. The van der Waals surface area contributed by atoms with Gasteiger partial charge in [-0.2, -0.15) is 0 Å². The summed E-state index contributed by atoms with van der Waals surface area (Å²) in [5.74, 6) is -2.09. The molecule has 2 atom stereocenters. The van der Waals surface area contributed by atoms with Gasteiger partial charge in [0, 0.05) is 26.2 Å². The first-order valence-electron chi connectivity index (χ1n) is 8.71. The van der Waals surface area contributed by atoms with Gasteiger partial charge in [-0.1, -0.05) is 25.0 Å². The maximum atomic E-state index is 12.4. The van der Waals surface area contributed by atoms with Crippen LogP contribution in [0.2, 0.25) is 0 Å². The highest BCUT2D eigenvalue weighted by atomic mass is 16.4. The van der Waals surface area contributed by atoms with Gasteiger partial charge in [-0.15, -0.1) is 0 Å². The van der Waals surface area contributed by atoms with E-state index in [1.807, 2.05) is 12.1 Å². The van der Waals surface area contributed by atoms with E-state index >= 15 is 0 Å². The van der Waals surface area contributed by atoms with E-state index in [1.54, 1.807) is 31.1 Å². The van der Waals surface area contributed by atoms with Crippen molar-refractivity contribution in [1.29, 1.82) is 0 Å². The first-order chi connectivity index (χ1) is 11.9. The highest BCUT2D eigenvalue weighted by molar-refractivity contribution is 5.95. The van der Waals surface area contributed by atoms with Crippen LogP contribution >= 0.6 is 0 Å². The van der Waals surface area contributed by atoms with Crippen molar-refractivity contribution >= 4 is 23.5 Å². The molecule has 0 heterocycles. The fourth-order valence-corrected chi connectivity index (χ4v) is 3.20. The van der Waals surface area contributed by atoms with Crippen molar-refractivity contribution in [3.05, 3.63) is 29.8 Å². The number of nitrogens with one attached hydrogen (secondary N) is 1. The zero-order valence-electron chi connectivity index (χ0n) is 14.8. The zero-order chi connectivity index (χ0) is 18.4. The number of carbonyl (C=O) groups excluding carboxylic acids is 2. The number of carboxylic acid groups (broad SMARTS) is 1. The molecule has 2 N–H and O–H groups in total. The van der Waals surface area contributed by atoms with E-state index in [0.717, 1.165) is 18.4 Å². The minimum Gasteiger partial charge on any atom is -0.481 e. The Bertz CT molecular complexity index is 625. The maximum Gasteiger partial charge on any atom is 0.307 e. The number of rotatable bonds is 6. The van der Waals surface area contributed by atoms with E-state index in [0.29, 0.717) is 31.4 Å². The molecule has 2 rings (SSSR count). The molecule has 136 valence electrons. The maximum absolute atomic E-state index is 12.4. The summed E-state index contributed by atoms with van der Waals surface area (Å²) in [6.45, 7) is 0. The van der Waals surface area contributed by atoms with Gasteiger partial charge in [0.05, 0.1) is 11.8 Å². The van der Waals surface area contributed by atoms with Crippen LogP contribution in [-0.4, -0.2) is 41.9 Å². The van der Waals surface area contributed by atoms with Gasteiger partial charge in [0.2, 0.25) is 11.8 Å². The van der Waals surface area contributed by atoms with Crippen molar-refractivity contribution in [2.45, 2.75) is 38.5 Å². The number of benzene rings is 1. The van der Waals surface area contributed by atoms with Crippen LogP contribution in [0.3, 0.4) is 0 Å². The van der Waals surface area contributed by atoms with Gasteiger partial charge in [0.15, 0.2) is 0 Å².